The van der Waals surface area contributed by atoms with Gasteiger partial charge in [-0.25, -0.2) is 0 Å². The van der Waals surface area contributed by atoms with Crippen LogP contribution in [0.25, 0.3) is 0 Å². The molecule has 12 heavy (non-hydrogen) atoms. The van der Waals surface area contributed by atoms with Crippen molar-refractivity contribution in [2.24, 2.45) is 5.41 Å². The van der Waals surface area contributed by atoms with Crippen molar-refractivity contribution < 1.29 is 9.47 Å². The molecule has 2 nitrogen and oxygen atoms in total. The summed E-state index contributed by atoms with van der Waals surface area (Å²) in [7, 11) is 0. The second-order valence-electron chi connectivity index (χ2n) is 4.19. The van der Waals surface area contributed by atoms with E-state index in [0.29, 0.717) is 17.6 Å². The maximum Gasteiger partial charge on any atom is 0.0922 e. The fourth-order valence-electron chi connectivity index (χ4n) is 2.62. The molecule has 2 fully saturated rings. The van der Waals surface area contributed by atoms with E-state index in [9.17, 15) is 0 Å². The summed E-state index contributed by atoms with van der Waals surface area (Å²) in [6, 6.07) is 0. The molecule has 1 saturated carbocycles. The van der Waals surface area contributed by atoms with E-state index < -0.39 is 0 Å². The van der Waals surface area contributed by atoms with Crippen LogP contribution in [0, 0.1) is 5.41 Å². The van der Waals surface area contributed by atoms with Crippen LogP contribution in [-0.2, 0) is 9.47 Å². The minimum absolute atomic E-state index is 0.359. The van der Waals surface area contributed by atoms with Crippen LogP contribution in [0.15, 0.2) is 12.2 Å². The van der Waals surface area contributed by atoms with Gasteiger partial charge in [-0.15, -0.1) is 0 Å². The molecular formula is C10H14O2. The molecule has 0 aromatic rings. The third-order valence-electron chi connectivity index (χ3n) is 3.41. The average Bonchev–Trinajstić information content (AvgIpc) is 2.78. The van der Waals surface area contributed by atoms with Crippen molar-refractivity contribution in [1.82, 2.24) is 0 Å². The Morgan fingerprint density at radius 1 is 1.33 bits per heavy atom. The lowest BCUT2D eigenvalue weighted by Crippen LogP contribution is -2.29. The van der Waals surface area contributed by atoms with E-state index in [1.807, 2.05) is 0 Å². The van der Waals surface area contributed by atoms with Gasteiger partial charge in [0.25, 0.3) is 0 Å². The Labute approximate surface area is 72.5 Å². The highest BCUT2D eigenvalue weighted by Gasteiger charge is 2.59. The largest absolute Gasteiger partial charge is 0.377 e. The molecule has 1 spiro atoms. The van der Waals surface area contributed by atoms with Gasteiger partial charge < -0.3 is 9.47 Å². The standard InChI is InChI=1S/C10H14O2/c1-2-6-11-7-10(4-1)5-3-8-9(10)12-8/h1-2,8-9H,3-7H2/t8-,9?,10-/m0/s1. The Bertz CT molecular complexity index is 224. The maximum absolute atomic E-state index is 5.59. The molecule has 0 N–H and O–H groups in total. The van der Waals surface area contributed by atoms with Gasteiger partial charge in [0, 0.05) is 5.41 Å². The molecule has 2 heterocycles. The zero-order valence-electron chi connectivity index (χ0n) is 7.16. The van der Waals surface area contributed by atoms with Gasteiger partial charge in [-0.3, -0.25) is 0 Å². The Morgan fingerprint density at radius 2 is 2.33 bits per heavy atom. The minimum atomic E-state index is 0.359. The number of epoxide rings is 1. The van der Waals surface area contributed by atoms with E-state index >= 15 is 0 Å². The Hall–Kier alpha value is -0.340. The molecule has 0 amide bonds. The summed E-state index contributed by atoms with van der Waals surface area (Å²) >= 11 is 0. The molecule has 0 radical (unpaired) electrons. The third kappa shape index (κ3) is 0.882. The molecule has 66 valence electrons. The van der Waals surface area contributed by atoms with Crippen LogP contribution >= 0.6 is 0 Å². The highest BCUT2D eigenvalue weighted by molar-refractivity contribution is 5.10. The molecule has 2 heteroatoms. The zero-order valence-corrected chi connectivity index (χ0v) is 7.16. The fraction of sp³-hybridized carbons (Fsp3) is 0.800. The molecule has 2 aliphatic heterocycles. The highest BCUT2D eigenvalue weighted by Crippen LogP contribution is 2.54. The monoisotopic (exact) mass is 166 g/mol. The maximum atomic E-state index is 5.59. The lowest BCUT2D eigenvalue weighted by atomic mass is 9.83. The summed E-state index contributed by atoms with van der Waals surface area (Å²) in [5.74, 6) is 0. The minimum Gasteiger partial charge on any atom is -0.377 e. The summed E-state index contributed by atoms with van der Waals surface area (Å²) in [5.41, 5.74) is 0.359. The number of ether oxygens (including phenoxy) is 2. The van der Waals surface area contributed by atoms with Crippen LogP contribution in [0.3, 0.4) is 0 Å². The number of hydrogen-bond donors (Lipinski definition) is 0. The van der Waals surface area contributed by atoms with E-state index in [-0.39, 0.29) is 0 Å². The van der Waals surface area contributed by atoms with E-state index in [4.69, 9.17) is 9.47 Å². The predicted octanol–water partition coefficient (Wildman–Crippen LogP) is 1.51. The zero-order chi connectivity index (χ0) is 8.02. The van der Waals surface area contributed by atoms with Crippen LogP contribution in [0.5, 0.6) is 0 Å². The van der Waals surface area contributed by atoms with Crippen molar-refractivity contribution in [2.75, 3.05) is 13.2 Å². The van der Waals surface area contributed by atoms with Crippen molar-refractivity contribution in [3.8, 4) is 0 Å². The molecule has 0 aromatic heterocycles. The number of allylic oxidation sites excluding steroid dienone is 1. The van der Waals surface area contributed by atoms with E-state index in [1.165, 1.54) is 12.8 Å². The average molecular weight is 166 g/mol. The van der Waals surface area contributed by atoms with Crippen molar-refractivity contribution in [3.63, 3.8) is 0 Å². The first-order valence-electron chi connectivity index (χ1n) is 4.79. The van der Waals surface area contributed by atoms with Gasteiger partial charge in [0.05, 0.1) is 25.4 Å². The Balaban J connectivity index is 1.83. The summed E-state index contributed by atoms with van der Waals surface area (Å²) in [5, 5.41) is 0. The van der Waals surface area contributed by atoms with Crippen molar-refractivity contribution in [2.45, 2.75) is 31.5 Å². The first-order chi connectivity index (χ1) is 5.91. The van der Waals surface area contributed by atoms with Gasteiger partial charge in [0.1, 0.15) is 0 Å². The second-order valence-corrected chi connectivity index (χ2v) is 4.19. The molecule has 0 bridgehead atoms. The van der Waals surface area contributed by atoms with Crippen molar-refractivity contribution in [3.05, 3.63) is 12.2 Å². The second kappa shape index (κ2) is 2.33. The lowest BCUT2D eigenvalue weighted by molar-refractivity contribution is 0.0387. The third-order valence-corrected chi connectivity index (χ3v) is 3.41. The smallest absolute Gasteiger partial charge is 0.0922 e. The molecule has 1 saturated heterocycles. The van der Waals surface area contributed by atoms with Crippen LogP contribution in [0.1, 0.15) is 19.3 Å². The van der Waals surface area contributed by atoms with E-state index in [1.54, 1.807) is 0 Å². The first kappa shape index (κ1) is 7.10. The Morgan fingerprint density at radius 3 is 3.08 bits per heavy atom. The highest BCUT2D eigenvalue weighted by atomic mass is 16.6. The Kier molecular flexibility index (Phi) is 1.38. The number of fused-ring (bicyclic) bond motifs is 2. The van der Waals surface area contributed by atoms with Crippen molar-refractivity contribution in [1.29, 1.82) is 0 Å². The first-order valence-corrected chi connectivity index (χ1v) is 4.79. The van der Waals surface area contributed by atoms with Crippen LogP contribution in [-0.4, -0.2) is 25.4 Å². The molecule has 1 aliphatic carbocycles. The summed E-state index contributed by atoms with van der Waals surface area (Å²) < 4.78 is 11.2. The van der Waals surface area contributed by atoms with Gasteiger partial charge in [-0.1, -0.05) is 12.2 Å². The number of rotatable bonds is 0. The van der Waals surface area contributed by atoms with E-state index in [2.05, 4.69) is 12.2 Å². The molecule has 1 unspecified atom stereocenters. The predicted molar refractivity (Wildman–Crippen MR) is 44.9 cm³/mol. The van der Waals surface area contributed by atoms with Crippen LogP contribution in [0.2, 0.25) is 0 Å². The summed E-state index contributed by atoms with van der Waals surface area (Å²) in [6.07, 6.45) is 9.21. The van der Waals surface area contributed by atoms with E-state index in [0.717, 1.165) is 19.6 Å². The van der Waals surface area contributed by atoms with Crippen LogP contribution < -0.4 is 0 Å². The van der Waals surface area contributed by atoms with Gasteiger partial charge in [-0.2, -0.15) is 0 Å². The summed E-state index contributed by atoms with van der Waals surface area (Å²) in [4.78, 5) is 0. The SMILES string of the molecule is C1=CC[C@]2(CC[C@@H]3OC32)COC1. The van der Waals surface area contributed by atoms with Crippen molar-refractivity contribution >= 4 is 0 Å². The topological polar surface area (TPSA) is 21.8 Å². The molecule has 0 aromatic carbocycles. The van der Waals surface area contributed by atoms with Crippen LogP contribution in [0.4, 0.5) is 0 Å². The lowest BCUT2D eigenvalue weighted by Gasteiger charge is -2.26. The normalized spacial score (nSPS) is 50.7. The molecule has 3 atom stereocenters. The molecule has 3 aliphatic rings. The number of hydrogen-bond acceptors (Lipinski definition) is 2. The summed E-state index contributed by atoms with van der Waals surface area (Å²) in [6.45, 7) is 1.69. The fourth-order valence-corrected chi connectivity index (χ4v) is 2.62. The van der Waals surface area contributed by atoms with Gasteiger partial charge >= 0.3 is 0 Å². The van der Waals surface area contributed by atoms with Gasteiger partial charge in [0.2, 0.25) is 0 Å². The van der Waals surface area contributed by atoms with Gasteiger partial charge in [-0.05, 0) is 19.3 Å². The molecular weight excluding hydrogens is 152 g/mol. The molecule has 3 rings (SSSR count). The quantitative estimate of drug-likeness (QED) is 0.402. The van der Waals surface area contributed by atoms with Gasteiger partial charge in [0.15, 0.2) is 0 Å².